The quantitative estimate of drug-likeness (QED) is 0.696. The van der Waals surface area contributed by atoms with E-state index in [-0.39, 0.29) is 5.91 Å². The molecule has 0 saturated carbocycles. The van der Waals surface area contributed by atoms with Crippen LogP contribution in [0.4, 0.5) is 0 Å². The fourth-order valence-corrected chi connectivity index (χ4v) is 2.69. The van der Waals surface area contributed by atoms with Crippen molar-refractivity contribution in [3.8, 4) is 0 Å². The largest absolute Gasteiger partial charge is 0.352 e. The van der Waals surface area contributed by atoms with Crippen molar-refractivity contribution >= 4 is 34.1 Å². The van der Waals surface area contributed by atoms with Crippen LogP contribution in [0.2, 0.25) is 0 Å². The van der Waals surface area contributed by atoms with Gasteiger partial charge in [0.05, 0.1) is 5.69 Å². The molecule has 0 fully saturated rings. The first-order valence-corrected chi connectivity index (χ1v) is 7.76. The summed E-state index contributed by atoms with van der Waals surface area (Å²) < 4.78 is 3.04. The summed E-state index contributed by atoms with van der Waals surface area (Å²) in [5.41, 5.74) is 2.59. The summed E-state index contributed by atoms with van der Waals surface area (Å²) in [5.74, 6) is -0.0442. The van der Waals surface area contributed by atoms with Crippen LogP contribution in [0.3, 0.4) is 0 Å². The van der Waals surface area contributed by atoms with Crippen LogP contribution in [-0.2, 0) is 6.42 Å². The van der Waals surface area contributed by atoms with Crippen molar-refractivity contribution in [3.63, 3.8) is 0 Å². The van der Waals surface area contributed by atoms with Gasteiger partial charge in [-0.2, -0.15) is 0 Å². The van der Waals surface area contributed by atoms with E-state index >= 15 is 0 Å². The lowest BCUT2D eigenvalue weighted by Crippen LogP contribution is -2.25. The molecular formula is C16H14IN3O. The fourth-order valence-electron chi connectivity index (χ4n) is 2.14. The molecule has 0 unspecified atom stereocenters. The van der Waals surface area contributed by atoms with E-state index in [0.29, 0.717) is 12.1 Å². The van der Waals surface area contributed by atoms with E-state index in [1.54, 1.807) is 0 Å². The van der Waals surface area contributed by atoms with Crippen molar-refractivity contribution in [3.05, 3.63) is 69.7 Å². The zero-order valence-electron chi connectivity index (χ0n) is 11.3. The molecular weight excluding hydrogens is 377 g/mol. The molecule has 0 radical (unpaired) electrons. The second-order valence-electron chi connectivity index (χ2n) is 4.71. The number of halogens is 1. The zero-order valence-corrected chi connectivity index (χ0v) is 13.4. The van der Waals surface area contributed by atoms with E-state index in [4.69, 9.17) is 0 Å². The average molecular weight is 391 g/mol. The van der Waals surface area contributed by atoms with Gasteiger partial charge in [0, 0.05) is 34.5 Å². The normalized spacial score (nSPS) is 10.7. The Morgan fingerprint density at radius 3 is 2.95 bits per heavy atom. The minimum Gasteiger partial charge on any atom is -0.352 e. The molecule has 106 valence electrons. The summed E-state index contributed by atoms with van der Waals surface area (Å²) in [6.07, 6.45) is 4.68. The van der Waals surface area contributed by atoms with E-state index in [0.717, 1.165) is 21.3 Å². The van der Waals surface area contributed by atoms with Crippen molar-refractivity contribution in [2.75, 3.05) is 6.54 Å². The van der Waals surface area contributed by atoms with E-state index < -0.39 is 0 Å². The van der Waals surface area contributed by atoms with E-state index in [2.05, 4.69) is 32.9 Å². The number of benzene rings is 1. The number of hydrogen-bond acceptors (Lipinski definition) is 2. The van der Waals surface area contributed by atoms with Gasteiger partial charge in [0.15, 0.2) is 0 Å². The van der Waals surface area contributed by atoms with Crippen LogP contribution in [0.25, 0.3) is 5.65 Å². The fraction of sp³-hybridized carbons (Fsp3) is 0.125. The third kappa shape index (κ3) is 3.41. The maximum atomic E-state index is 12.0. The third-order valence-electron chi connectivity index (χ3n) is 3.17. The maximum Gasteiger partial charge on any atom is 0.251 e. The van der Waals surface area contributed by atoms with Crippen molar-refractivity contribution < 1.29 is 4.79 Å². The van der Waals surface area contributed by atoms with Crippen LogP contribution < -0.4 is 5.32 Å². The topological polar surface area (TPSA) is 46.4 Å². The molecule has 21 heavy (non-hydrogen) atoms. The molecule has 2 heterocycles. The number of pyridine rings is 1. The van der Waals surface area contributed by atoms with Gasteiger partial charge in [-0.1, -0.05) is 12.1 Å². The first-order valence-electron chi connectivity index (χ1n) is 6.69. The summed E-state index contributed by atoms with van der Waals surface area (Å²) >= 11 is 2.20. The minimum absolute atomic E-state index is 0.0442. The smallest absolute Gasteiger partial charge is 0.251 e. The second-order valence-corrected chi connectivity index (χ2v) is 5.96. The number of nitrogens with zero attached hydrogens (tertiary/aromatic N) is 2. The van der Waals surface area contributed by atoms with Crippen molar-refractivity contribution in [1.29, 1.82) is 0 Å². The summed E-state index contributed by atoms with van der Waals surface area (Å²) in [7, 11) is 0. The number of amides is 1. The number of carbonyl (C=O) groups excluding carboxylic acids is 1. The third-order valence-corrected chi connectivity index (χ3v) is 3.84. The number of nitrogens with one attached hydrogen (secondary N) is 1. The number of aromatic nitrogens is 2. The van der Waals surface area contributed by atoms with Gasteiger partial charge in [-0.25, -0.2) is 4.98 Å². The number of imidazole rings is 1. The Morgan fingerprint density at radius 1 is 1.24 bits per heavy atom. The molecule has 2 aromatic heterocycles. The van der Waals surface area contributed by atoms with Crippen LogP contribution in [0.5, 0.6) is 0 Å². The molecule has 0 aliphatic rings. The van der Waals surface area contributed by atoms with Gasteiger partial charge in [-0.15, -0.1) is 0 Å². The number of rotatable bonds is 4. The van der Waals surface area contributed by atoms with E-state index in [9.17, 15) is 4.79 Å². The van der Waals surface area contributed by atoms with E-state index in [1.807, 2.05) is 59.3 Å². The predicted molar refractivity (Wildman–Crippen MR) is 90.4 cm³/mol. The minimum atomic E-state index is -0.0442. The summed E-state index contributed by atoms with van der Waals surface area (Å²) in [6, 6.07) is 13.5. The first kappa shape index (κ1) is 14.1. The van der Waals surface area contributed by atoms with Crippen LogP contribution in [-0.4, -0.2) is 21.8 Å². The molecule has 1 aromatic carbocycles. The molecule has 0 bridgehead atoms. The molecule has 5 heteroatoms. The van der Waals surface area contributed by atoms with Gasteiger partial charge < -0.3 is 9.72 Å². The lowest BCUT2D eigenvalue weighted by molar-refractivity contribution is 0.0954. The highest BCUT2D eigenvalue weighted by atomic mass is 127. The highest BCUT2D eigenvalue weighted by Gasteiger charge is 2.06. The number of carbonyl (C=O) groups is 1. The van der Waals surface area contributed by atoms with Crippen molar-refractivity contribution in [2.45, 2.75) is 6.42 Å². The highest BCUT2D eigenvalue weighted by molar-refractivity contribution is 14.1. The Labute approximate surface area is 136 Å². The molecule has 0 spiro atoms. The molecule has 3 aromatic rings. The lowest BCUT2D eigenvalue weighted by atomic mass is 10.2. The highest BCUT2D eigenvalue weighted by Crippen LogP contribution is 2.08. The summed E-state index contributed by atoms with van der Waals surface area (Å²) in [6.45, 7) is 0.578. The number of fused-ring (bicyclic) bond motifs is 1. The zero-order chi connectivity index (χ0) is 14.7. The van der Waals surface area contributed by atoms with Crippen LogP contribution in [0, 0.1) is 3.57 Å². The Bertz CT molecular complexity index is 749. The molecule has 1 amide bonds. The Hall–Kier alpha value is -1.89. The molecule has 0 aliphatic carbocycles. The molecule has 1 N–H and O–H groups in total. The molecule has 0 aliphatic heterocycles. The van der Waals surface area contributed by atoms with Gasteiger partial charge in [0.25, 0.3) is 5.91 Å². The SMILES string of the molecule is O=C(NCCc1cn2ccccc2n1)c1cccc(I)c1. The Kier molecular flexibility index (Phi) is 4.19. The lowest BCUT2D eigenvalue weighted by Gasteiger charge is -2.04. The summed E-state index contributed by atoms with van der Waals surface area (Å²) in [4.78, 5) is 16.5. The molecule has 4 nitrogen and oxygen atoms in total. The van der Waals surface area contributed by atoms with Crippen molar-refractivity contribution in [1.82, 2.24) is 14.7 Å². The predicted octanol–water partition coefficient (Wildman–Crippen LogP) is 2.91. The van der Waals surface area contributed by atoms with Gasteiger partial charge in [0.1, 0.15) is 5.65 Å². The van der Waals surface area contributed by atoms with Crippen molar-refractivity contribution in [2.24, 2.45) is 0 Å². The number of hydrogen-bond donors (Lipinski definition) is 1. The van der Waals surface area contributed by atoms with Crippen LogP contribution >= 0.6 is 22.6 Å². The Morgan fingerprint density at radius 2 is 2.14 bits per heavy atom. The molecule has 3 rings (SSSR count). The van der Waals surface area contributed by atoms with Gasteiger partial charge in [-0.3, -0.25) is 4.79 Å². The molecule has 0 saturated heterocycles. The Balaban J connectivity index is 1.59. The molecule has 0 atom stereocenters. The monoisotopic (exact) mass is 391 g/mol. The summed E-state index contributed by atoms with van der Waals surface area (Å²) in [5, 5.41) is 2.93. The van der Waals surface area contributed by atoms with Crippen LogP contribution in [0.1, 0.15) is 16.1 Å². The van der Waals surface area contributed by atoms with Gasteiger partial charge in [0.2, 0.25) is 0 Å². The standard InChI is InChI=1S/C16H14IN3O/c17-13-5-3-4-12(10-13)16(21)18-8-7-14-11-20-9-2-1-6-15(20)19-14/h1-6,9-11H,7-8H2,(H,18,21). The average Bonchev–Trinajstić information content (AvgIpc) is 2.89. The van der Waals surface area contributed by atoms with Gasteiger partial charge in [-0.05, 0) is 52.9 Å². The maximum absolute atomic E-state index is 12.0. The van der Waals surface area contributed by atoms with Gasteiger partial charge >= 0.3 is 0 Å². The first-order chi connectivity index (χ1) is 10.2. The van der Waals surface area contributed by atoms with Crippen LogP contribution in [0.15, 0.2) is 54.9 Å². The second kappa shape index (κ2) is 6.26. The van der Waals surface area contributed by atoms with E-state index in [1.165, 1.54) is 0 Å².